The first-order valence-electron chi connectivity index (χ1n) is 6.73. The minimum Gasteiger partial charge on any atom is -0.490 e. The number of benzene rings is 2. The summed E-state index contributed by atoms with van der Waals surface area (Å²) < 4.78 is 33.1. The topological polar surface area (TPSA) is 28.3 Å². The van der Waals surface area contributed by atoms with Gasteiger partial charge in [-0.15, -0.1) is 0 Å². The summed E-state index contributed by atoms with van der Waals surface area (Å²) in [5, 5.41) is 1.09. The molecule has 110 valence electrons. The largest absolute Gasteiger partial charge is 0.490 e. The van der Waals surface area contributed by atoms with Gasteiger partial charge in [-0.05, 0) is 26.2 Å². The number of hydrogen-bond donors (Lipinski definition) is 1. The van der Waals surface area contributed by atoms with Crippen LogP contribution in [-0.4, -0.2) is 37.1 Å². The number of nitrogens with zero attached hydrogens (tertiary/aromatic N) is 1. The van der Waals surface area contributed by atoms with Gasteiger partial charge >= 0.3 is 0 Å². The Hall–Kier alpha value is -2.14. The van der Waals surface area contributed by atoms with Gasteiger partial charge in [-0.2, -0.15) is 0 Å². The third-order valence-corrected chi connectivity index (χ3v) is 3.41. The van der Waals surface area contributed by atoms with Gasteiger partial charge in [0, 0.05) is 23.4 Å². The smallest absolute Gasteiger partial charge is 0.143 e. The summed E-state index contributed by atoms with van der Waals surface area (Å²) in [6.07, 6.45) is 0. The first kappa shape index (κ1) is 13.8. The summed E-state index contributed by atoms with van der Waals surface area (Å²) in [6, 6.07) is 7.62. The Kier molecular flexibility index (Phi) is 3.51. The van der Waals surface area contributed by atoms with E-state index in [-0.39, 0.29) is 0 Å². The van der Waals surface area contributed by atoms with E-state index >= 15 is 0 Å². The van der Waals surface area contributed by atoms with Crippen LogP contribution in [-0.2, 0) is 0 Å². The molecule has 3 aromatic rings. The van der Waals surface area contributed by atoms with E-state index in [1.54, 1.807) is 6.07 Å². The molecule has 0 fully saturated rings. The third kappa shape index (κ3) is 2.56. The number of rotatable bonds is 4. The Morgan fingerprint density at radius 1 is 1.19 bits per heavy atom. The van der Waals surface area contributed by atoms with Crippen molar-refractivity contribution in [3.8, 4) is 5.75 Å². The van der Waals surface area contributed by atoms with E-state index in [9.17, 15) is 8.78 Å². The number of para-hydroxylation sites is 1. The fraction of sp³-hybridized carbons (Fsp3) is 0.250. The number of fused-ring (bicyclic) bond motifs is 3. The Bertz CT molecular complexity index is 796. The number of aromatic amines is 1. The fourth-order valence-electron chi connectivity index (χ4n) is 2.41. The zero-order valence-electron chi connectivity index (χ0n) is 11.9. The maximum absolute atomic E-state index is 14.0. The van der Waals surface area contributed by atoms with Gasteiger partial charge in [-0.3, -0.25) is 0 Å². The van der Waals surface area contributed by atoms with Gasteiger partial charge in [-0.1, -0.05) is 12.1 Å². The molecule has 1 aromatic heterocycles. The van der Waals surface area contributed by atoms with E-state index < -0.39 is 11.6 Å². The van der Waals surface area contributed by atoms with Crippen molar-refractivity contribution in [2.75, 3.05) is 27.2 Å². The van der Waals surface area contributed by atoms with Crippen molar-refractivity contribution in [3.63, 3.8) is 0 Å². The molecule has 3 rings (SSSR count). The Morgan fingerprint density at radius 3 is 2.76 bits per heavy atom. The van der Waals surface area contributed by atoms with E-state index in [4.69, 9.17) is 4.74 Å². The Labute approximate surface area is 121 Å². The molecule has 0 amide bonds. The molecule has 0 aliphatic rings. The molecule has 0 bridgehead atoms. The highest BCUT2D eigenvalue weighted by molar-refractivity contribution is 6.09. The van der Waals surface area contributed by atoms with Crippen molar-refractivity contribution >= 4 is 21.8 Å². The molecule has 1 N–H and O–H groups in total. The van der Waals surface area contributed by atoms with E-state index in [1.165, 1.54) is 6.07 Å². The standard InChI is InChI=1S/C16H16F2N2O/c1-20(2)6-7-21-14-5-3-4-11-15-12(18)8-10(17)9-13(15)19-16(11)14/h3-5,8-9,19H,6-7H2,1-2H3. The highest BCUT2D eigenvalue weighted by Gasteiger charge is 2.13. The van der Waals surface area contributed by atoms with Gasteiger partial charge in [-0.25, -0.2) is 8.78 Å². The minimum atomic E-state index is -0.596. The van der Waals surface area contributed by atoms with Crippen molar-refractivity contribution in [2.45, 2.75) is 0 Å². The lowest BCUT2D eigenvalue weighted by molar-refractivity contribution is 0.263. The van der Waals surface area contributed by atoms with Gasteiger partial charge < -0.3 is 14.6 Å². The molecule has 0 aliphatic heterocycles. The van der Waals surface area contributed by atoms with Crippen LogP contribution in [0.15, 0.2) is 30.3 Å². The van der Waals surface area contributed by atoms with Crippen molar-refractivity contribution in [1.29, 1.82) is 0 Å². The van der Waals surface area contributed by atoms with Crippen molar-refractivity contribution in [1.82, 2.24) is 9.88 Å². The first-order chi connectivity index (χ1) is 10.1. The predicted molar refractivity (Wildman–Crippen MR) is 79.8 cm³/mol. The molecule has 0 spiro atoms. The summed E-state index contributed by atoms with van der Waals surface area (Å²) in [7, 11) is 3.93. The Balaban J connectivity index is 2.09. The molecular formula is C16H16F2N2O. The average molecular weight is 290 g/mol. The Morgan fingerprint density at radius 2 is 2.00 bits per heavy atom. The normalized spacial score (nSPS) is 11.7. The SMILES string of the molecule is CN(C)CCOc1cccc2c1[nH]c1cc(F)cc(F)c12. The highest BCUT2D eigenvalue weighted by Crippen LogP contribution is 2.33. The molecule has 3 nitrogen and oxygen atoms in total. The fourth-order valence-corrected chi connectivity index (χ4v) is 2.41. The maximum atomic E-state index is 14.0. The van der Waals surface area contributed by atoms with Gasteiger partial charge in [0.1, 0.15) is 24.0 Å². The lowest BCUT2D eigenvalue weighted by Gasteiger charge is -2.11. The van der Waals surface area contributed by atoms with Crippen molar-refractivity contribution in [3.05, 3.63) is 42.0 Å². The molecule has 0 unspecified atom stereocenters. The van der Waals surface area contributed by atoms with Crippen molar-refractivity contribution in [2.24, 2.45) is 0 Å². The van der Waals surface area contributed by atoms with Crippen LogP contribution in [0.3, 0.4) is 0 Å². The summed E-state index contributed by atoms with van der Waals surface area (Å²) in [5.41, 5.74) is 1.13. The molecule has 1 heterocycles. The maximum Gasteiger partial charge on any atom is 0.143 e. The van der Waals surface area contributed by atoms with Gasteiger partial charge in [0.2, 0.25) is 0 Å². The number of halogens is 2. The number of H-pyrrole nitrogens is 1. The zero-order valence-corrected chi connectivity index (χ0v) is 11.9. The molecule has 5 heteroatoms. The van der Waals surface area contributed by atoms with Crippen LogP contribution in [0.1, 0.15) is 0 Å². The monoisotopic (exact) mass is 290 g/mol. The second-order valence-electron chi connectivity index (χ2n) is 5.27. The van der Waals surface area contributed by atoms with Crippen LogP contribution in [0, 0.1) is 11.6 Å². The zero-order chi connectivity index (χ0) is 15.0. The second kappa shape index (κ2) is 5.33. The molecule has 0 radical (unpaired) electrons. The van der Waals surface area contributed by atoms with Gasteiger partial charge in [0.15, 0.2) is 0 Å². The summed E-state index contributed by atoms with van der Waals surface area (Å²) in [5.74, 6) is -0.520. The number of nitrogens with one attached hydrogen (secondary N) is 1. The van der Waals surface area contributed by atoms with E-state index in [2.05, 4.69) is 4.98 Å². The lowest BCUT2D eigenvalue weighted by Crippen LogP contribution is -2.19. The third-order valence-electron chi connectivity index (χ3n) is 3.41. The van der Waals surface area contributed by atoms with Crippen molar-refractivity contribution < 1.29 is 13.5 Å². The lowest BCUT2D eigenvalue weighted by atomic mass is 10.1. The predicted octanol–water partition coefficient (Wildman–Crippen LogP) is 3.54. The number of hydrogen-bond acceptors (Lipinski definition) is 2. The van der Waals surface area contributed by atoms with Crippen LogP contribution in [0.5, 0.6) is 5.75 Å². The summed E-state index contributed by atoms with van der Waals surface area (Å²) in [6.45, 7) is 1.30. The van der Waals surface area contributed by atoms with E-state index in [0.717, 1.165) is 12.6 Å². The first-order valence-corrected chi connectivity index (χ1v) is 6.73. The summed E-state index contributed by atoms with van der Waals surface area (Å²) in [4.78, 5) is 5.06. The second-order valence-corrected chi connectivity index (χ2v) is 5.27. The summed E-state index contributed by atoms with van der Waals surface area (Å²) >= 11 is 0. The number of likely N-dealkylation sites (N-methyl/N-ethyl adjacent to an activating group) is 1. The van der Waals surface area contributed by atoms with Crippen LogP contribution >= 0.6 is 0 Å². The highest BCUT2D eigenvalue weighted by atomic mass is 19.1. The average Bonchev–Trinajstić information content (AvgIpc) is 2.77. The van der Waals surface area contributed by atoms with E-state index in [0.29, 0.717) is 34.2 Å². The molecule has 0 atom stereocenters. The molecule has 21 heavy (non-hydrogen) atoms. The molecule has 0 aliphatic carbocycles. The molecule has 0 saturated heterocycles. The number of ether oxygens (including phenoxy) is 1. The quantitative estimate of drug-likeness (QED) is 0.796. The molecule has 2 aromatic carbocycles. The van der Waals surface area contributed by atoms with Crippen LogP contribution < -0.4 is 4.74 Å². The molecule has 0 saturated carbocycles. The van der Waals surface area contributed by atoms with Gasteiger partial charge in [0.25, 0.3) is 0 Å². The van der Waals surface area contributed by atoms with Crippen LogP contribution in [0.25, 0.3) is 21.8 Å². The van der Waals surface area contributed by atoms with Gasteiger partial charge in [0.05, 0.1) is 11.0 Å². The number of aromatic nitrogens is 1. The minimum absolute atomic E-state index is 0.393. The molecular weight excluding hydrogens is 274 g/mol. The van der Waals surface area contributed by atoms with Crippen LogP contribution in [0.2, 0.25) is 0 Å². The van der Waals surface area contributed by atoms with Crippen LogP contribution in [0.4, 0.5) is 8.78 Å². The van der Waals surface area contributed by atoms with E-state index in [1.807, 2.05) is 31.1 Å².